The summed E-state index contributed by atoms with van der Waals surface area (Å²) >= 11 is 0. The fraction of sp³-hybridized carbons (Fsp3) is 0.585. The standard InChI is InChI=1S/C53H69F3N10O13/c1-63-42-32-58-52(62-46(42)65(35-6-3-4-7-35)33-53(55,56)51(63)72)60-40-31-38(54)37(30-43(40)73-2)47(68)59-34-12-15-64(16-13-34)17-19-75-21-23-77-25-27-79-29-28-78-26-24-76-22-20-74-18-14-57-39-9-5-8-36-45(39)50(71)66(49(36)70)41-10-11-44(67)61-48(41)69/h5,8-9,30-32,34-35,41,57H,3-4,6-7,10-29,33H2,1-2H3,(H,59,68)(H,58,60,62)(H,61,67,69). The Morgan fingerprint density at radius 3 is 2.06 bits per heavy atom. The predicted molar refractivity (Wildman–Crippen MR) is 280 cm³/mol. The van der Waals surface area contributed by atoms with E-state index in [-0.39, 0.29) is 70.5 Å². The van der Waals surface area contributed by atoms with Crippen molar-refractivity contribution in [2.75, 3.05) is 147 Å². The zero-order chi connectivity index (χ0) is 55.9. The highest BCUT2D eigenvalue weighted by molar-refractivity contribution is 6.25. The molecule has 2 saturated heterocycles. The van der Waals surface area contributed by atoms with Crippen molar-refractivity contribution in [1.29, 1.82) is 0 Å². The predicted octanol–water partition coefficient (Wildman–Crippen LogP) is 3.54. The number of halogens is 3. The number of ether oxygens (including phenoxy) is 7. The van der Waals surface area contributed by atoms with Crippen LogP contribution in [-0.4, -0.2) is 205 Å². The largest absolute Gasteiger partial charge is 0.495 e. The Hall–Kier alpha value is -6.55. The number of methoxy groups -OCH3 is 1. The van der Waals surface area contributed by atoms with Crippen molar-refractivity contribution >= 4 is 64.3 Å². The van der Waals surface area contributed by atoms with Crippen LogP contribution in [0.2, 0.25) is 0 Å². The molecule has 1 aromatic heterocycles. The molecule has 8 rings (SSSR count). The van der Waals surface area contributed by atoms with Gasteiger partial charge in [0, 0.05) is 63.5 Å². The monoisotopic (exact) mass is 1110 g/mol. The number of hydrogen-bond donors (Lipinski definition) is 4. The van der Waals surface area contributed by atoms with Gasteiger partial charge < -0.3 is 63.8 Å². The summed E-state index contributed by atoms with van der Waals surface area (Å²) in [6.45, 7) is 6.45. The summed E-state index contributed by atoms with van der Waals surface area (Å²) in [5.41, 5.74) is 0.903. The maximum atomic E-state index is 15.6. The molecule has 1 atom stereocenters. The highest BCUT2D eigenvalue weighted by atomic mass is 19.3. The van der Waals surface area contributed by atoms with Crippen LogP contribution in [0, 0.1) is 5.82 Å². The number of nitrogens with one attached hydrogen (secondary N) is 4. The second-order valence-electron chi connectivity index (χ2n) is 19.6. The number of alkyl halides is 2. The van der Waals surface area contributed by atoms with Crippen LogP contribution in [0.3, 0.4) is 0 Å². The van der Waals surface area contributed by atoms with E-state index in [0.29, 0.717) is 124 Å². The summed E-state index contributed by atoms with van der Waals surface area (Å²) in [6, 6.07) is 5.84. The molecule has 430 valence electrons. The number of aromatic nitrogens is 2. The zero-order valence-electron chi connectivity index (χ0n) is 44.5. The molecule has 0 radical (unpaired) electrons. The van der Waals surface area contributed by atoms with Crippen molar-refractivity contribution in [3.63, 3.8) is 0 Å². The van der Waals surface area contributed by atoms with Crippen LogP contribution in [0.1, 0.15) is 82.4 Å². The SMILES string of the molecule is COc1cc(C(=O)NC2CCN(CCOCCOCCOCCOCCOCCOCCNc3cccc4c3C(=O)N(C3CCC(=O)NC3=O)C4=O)CC2)c(F)cc1Nc1ncc2c(n1)N(C1CCCC1)CC(F)(F)C(=O)N2C. The lowest BCUT2D eigenvalue weighted by atomic mass is 10.0. The summed E-state index contributed by atoms with van der Waals surface area (Å²) < 4.78 is 84.9. The molecule has 0 bridgehead atoms. The van der Waals surface area contributed by atoms with Crippen LogP contribution in [0.5, 0.6) is 5.75 Å². The van der Waals surface area contributed by atoms with E-state index in [4.69, 9.17) is 33.2 Å². The molecule has 6 amide bonds. The van der Waals surface area contributed by atoms with Gasteiger partial charge in [0.2, 0.25) is 17.8 Å². The van der Waals surface area contributed by atoms with E-state index in [0.717, 1.165) is 41.8 Å². The van der Waals surface area contributed by atoms with E-state index >= 15 is 13.2 Å². The number of carbonyl (C=O) groups is 6. The smallest absolute Gasteiger partial charge is 0.342 e. The summed E-state index contributed by atoms with van der Waals surface area (Å²) in [6.07, 6.45) is 5.85. The number of carbonyl (C=O) groups excluding carboxylic acids is 6. The molecule has 3 aromatic rings. The van der Waals surface area contributed by atoms with Crippen molar-refractivity contribution in [1.82, 2.24) is 30.4 Å². The molecule has 79 heavy (non-hydrogen) atoms. The molecular weight excluding hydrogens is 1040 g/mol. The number of imide groups is 2. The molecule has 1 aliphatic carbocycles. The van der Waals surface area contributed by atoms with Crippen LogP contribution in [0.4, 0.5) is 42.0 Å². The second-order valence-corrected chi connectivity index (χ2v) is 19.6. The number of fused-ring (bicyclic) bond motifs is 2. The van der Waals surface area contributed by atoms with Gasteiger partial charge >= 0.3 is 5.92 Å². The van der Waals surface area contributed by atoms with Crippen LogP contribution >= 0.6 is 0 Å². The van der Waals surface area contributed by atoms with Crippen LogP contribution < -0.4 is 35.8 Å². The Labute approximate surface area is 455 Å². The van der Waals surface area contributed by atoms with Gasteiger partial charge in [-0.3, -0.25) is 39.0 Å². The molecule has 1 saturated carbocycles. The fourth-order valence-electron chi connectivity index (χ4n) is 10.1. The van der Waals surface area contributed by atoms with Gasteiger partial charge in [0.1, 0.15) is 23.3 Å². The Morgan fingerprint density at radius 1 is 0.797 bits per heavy atom. The average Bonchev–Trinajstić information content (AvgIpc) is 4.20. The third-order valence-corrected chi connectivity index (χ3v) is 14.3. The molecule has 23 nitrogen and oxygen atoms in total. The van der Waals surface area contributed by atoms with Gasteiger partial charge in [0.25, 0.3) is 23.6 Å². The number of likely N-dealkylation sites (tertiary alicyclic amines) is 1. The minimum atomic E-state index is -3.64. The maximum absolute atomic E-state index is 15.6. The van der Waals surface area contributed by atoms with E-state index in [1.54, 1.807) is 18.2 Å². The quantitative estimate of drug-likeness (QED) is 0.0573. The molecule has 2 aromatic carbocycles. The van der Waals surface area contributed by atoms with E-state index in [1.807, 2.05) is 0 Å². The topological polar surface area (TPSA) is 254 Å². The average molecular weight is 1110 g/mol. The number of anilines is 5. The number of amides is 6. The molecule has 4 N–H and O–H groups in total. The lowest BCUT2D eigenvalue weighted by molar-refractivity contribution is -0.140. The minimum Gasteiger partial charge on any atom is -0.495 e. The number of hydrogen-bond acceptors (Lipinski definition) is 19. The van der Waals surface area contributed by atoms with E-state index < -0.39 is 59.8 Å². The van der Waals surface area contributed by atoms with Gasteiger partial charge in [-0.15, -0.1) is 0 Å². The summed E-state index contributed by atoms with van der Waals surface area (Å²) in [7, 11) is 2.64. The minimum absolute atomic E-state index is 0.0253. The third-order valence-electron chi connectivity index (χ3n) is 14.3. The molecular formula is C53H69F3N10O13. The van der Waals surface area contributed by atoms with Crippen LogP contribution in [-0.2, 0) is 42.8 Å². The van der Waals surface area contributed by atoms with Gasteiger partial charge in [0.05, 0.1) is 122 Å². The maximum Gasteiger partial charge on any atom is 0.342 e. The lowest BCUT2D eigenvalue weighted by Crippen LogP contribution is -2.54. The zero-order valence-corrected chi connectivity index (χ0v) is 44.5. The number of nitrogens with zero attached hydrogens (tertiary/aromatic N) is 6. The van der Waals surface area contributed by atoms with Crippen molar-refractivity contribution in [3.05, 3.63) is 59.0 Å². The first kappa shape index (κ1) is 58.6. The van der Waals surface area contributed by atoms with Crippen molar-refractivity contribution in [2.45, 2.75) is 75.4 Å². The van der Waals surface area contributed by atoms with Crippen LogP contribution in [0.15, 0.2) is 36.5 Å². The fourth-order valence-corrected chi connectivity index (χ4v) is 10.1. The van der Waals surface area contributed by atoms with E-state index in [2.05, 4.69) is 36.1 Å². The van der Waals surface area contributed by atoms with E-state index in [9.17, 15) is 28.8 Å². The molecule has 1 unspecified atom stereocenters. The Balaban J connectivity index is 0.614. The number of piperidine rings is 2. The van der Waals surface area contributed by atoms with Crippen molar-refractivity contribution in [3.8, 4) is 5.75 Å². The molecule has 0 spiro atoms. The third kappa shape index (κ3) is 15.0. The Morgan fingerprint density at radius 2 is 1.43 bits per heavy atom. The van der Waals surface area contributed by atoms with Gasteiger partial charge in [-0.05, 0) is 50.3 Å². The molecule has 4 aliphatic heterocycles. The summed E-state index contributed by atoms with van der Waals surface area (Å²) in [5, 5.41) is 11.2. The first-order valence-corrected chi connectivity index (χ1v) is 26.8. The van der Waals surface area contributed by atoms with E-state index in [1.165, 1.54) is 31.3 Å². The first-order valence-electron chi connectivity index (χ1n) is 26.8. The Kier molecular flexibility index (Phi) is 20.8. The summed E-state index contributed by atoms with van der Waals surface area (Å²) in [5.74, 6) is -8.33. The molecule has 3 fully saturated rings. The van der Waals surface area contributed by atoms with Crippen molar-refractivity contribution in [2.24, 2.45) is 0 Å². The molecule has 26 heteroatoms. The summed E-state index contributed by atoms with van der Waals surface area (Å²) in [4.78, 5) is 90.5. The number of benzene rings is 2. The van der Waals surface area contributed by atoms with Gasteiger partial charge in [0.15, 0.2) is 5.82 Å². The van der Waals surface area contributed by atoms with Crippen LogP contribution in [0.25, 0.3) is 0 Å². The highest BCUT2D eigenvalue weighted by Crippen LogP contribution is 2.40. The second kappa shape index (κ2) is 28.0. The highest BCUT2D eigenvalue weighted by Gasteiger charge is 2.49. The van der Waals surface area contributed by atoms with Gasteiger partial charge in [-0.25, -0.2) is 9.37 Å². The van der Waals surface area contributed by atoms with Crippen molar-refractivity contribution < 1.29 is 75.1 Å². The first-order chi connectivity index (χ1) is 38.2. The molecule has 5 heterocycles. The normalized spacial score (nSPS) is 18.9. The van der Waals surface area contributed by atoms with Gasteiger partial charge in [-0.2, -0.15) is 13.8 Å². The number of rotatable bonds is 29. The Bertz CT molecular complexity index is 2640. The van der Waals surface area contributed by atoms with Gasteiger partial charge in [-0.1, -0.05) is 18.9 Å². The molecule has 5 aliphatic rings. The lowest BCUT2D eigenvalue weighted by Gasteiger charge is -2.32.